The summed E-state index contributed by atoms with van der Waals surface area (Å²) in [6.45, 7) is 0.277. The Bertz CT molecular complexity index is 1150. The maximum absolute atomic E-state index is 13.3. The lowest BCUT2D eigenvalue weighted by Gasteiger charge is -2.21. The highest BCUT2D eigenvalue weighted by Crippen LogP contribution is 2.28. The Kier molecular flexibility index (Phi) is 6.96. The van der Waals surface area contributed by atoms with Gasteiger partial charge in [-0.2, -0.15) is 0 Å². The zero-order valence-corrected chi connectivity index (χ0v) is 19.1. The molecule has 0 radical (unpaired) electrons. The van der Waals surface area contributed by atoms with E-state index in [-0.39, 0.29) is 18.9 Å². The topological polar surface area (TPSA) is 69.7 Å². The molecular weight excluding hydrogens is 461 g/mol. The number of para-hydroxylation sites is 1. The molecule has 0 spiro atoms. The minimum atomic E-state index is -0.913. The zero-order chi connectivity index (χ0) is 23.4. The van der Waals surface area contributed by atoms with E-state index in [2.05, 4.69) is 5.32 Å². The number of urea groups is 1. The van der Waals surface area contributed by atoms with Crippen LogP contribution in [0.25, 0.3) is 0 Å². The molecule has 1 aliphatic heterocycles. The largest absolute Gasteiger partial charge is 0.332 e. The van der Waals surface area contributed by atoms with Crippen LogP contribution < -0.4 is 10.2 Å². The summed E-state index contributed by atoms with van der Waals surface area (Å²) in [4.78, 5) is 41.8. The van der Waals surface area contributed by atoms with Gasteiger partial charge in [-0.05, 0) is 60.5 Å². The third-order valence-electron chi connectivity index (χ3n) is 5.39. The summed E-state index contributed by atoms with van der Waals surface area (Å²) < 4.78 is 0. The van der Waals surface area contributed by atoms with Crippen molar-refractivity contribution in [3.8, 4) is 0 Å². The molecule has 3 aromatic carbocycles. The van der Waals surface area contributed by atoms with Crippen LogP contribution in [0.4, 0.5) is 16.2 Å². The number of amides is 4. The van der Waals surface area contributed by atoms with E-state index in [1.165, 1.54) is 4.90 Å². The van der Waals surface area contributed by atoms with Crippen LogP contribution in [0, 0.1) is 0 Å². The standard InChI is InChI=1S/C25H21Cl2N3O3/c26-18-8-6-17(7-9-18)14-15-29-22(16-23(31)28-20-4-2-1-3-5-20)24(32)30(25(29)33)21-12-10-19(27)11-13-21/h1-13,22H,14-16H2,(H,28,31). The highest BCUT2D eigenvalue weighted by molar-refractivity contribution is 6.31. The lowest BCUT2D eigenvalue weighted by molar-refractivity contribution is -0.124. The Morgan fingerprint density at radius 1 is 0.848 bits per heavy atom. The predicted octanol–water partition coefficient (Wildman–Crippen LogP) is 5.40. The molecule has 1 saturated heterocycles. The van der Waals surface area contributed by atoms with Crippen molar-refractivity contribution in [3.63, 3.8) is 0 Å². The molecule has 4 rings (SSSR count). The van der Waals surface area contributed by atoms with Gasteiger partial charge in [0.05, 0.1) is 12.1 Å². The number of hydrogen-bond acceptors (Lipinski definition) is 3. The van der Waals surface area contributed by atoms with Crippen molar-refractivity contribution in [3.05, 3.63) is 94.5 Å². The number of halogens is 2. The maximum atomic E-state index is 13.3. The summed E-state index contributed by atoms with van der Waals surface area (Å²) in [6.07, 6.45) is 0.367. The van der Waals surface area contributed by atoms with Gasteiger partial charge in [-0.1, -0.05) is 53.5 Å². The van der Waals surface area contributed by atoms with E-state index in [1.807, 2.05) is 18.2 Å². The van der Waals surface area contributed by atoms with Crippen molar-refractivity contribution in [2.75, 3.05) is 16.8 Å². The monoisotopic (exact) mass is 481 g/mol. The number of hydrogen-bond donors (Lipinski definition) is 1. The highest BCUT2D eigenvalue weighted by Gasteiger charge is 2.46. The molecule has 8 heteroatoms. The number of carbonyl (C=O) groups excluding carboxylic acids is 3. The number of rotatable bonds is 7. The van der Waals surface area contributed by atoms with Crippen molar-refractivity contribution in [2.45, 2.75) is 18.9 Å². The van der Waals surface area contributed by atoms with Crippen LogP contribution in [0.15, 0.2) is 78.9 Å². The highest BCUT2D eigenvalue weighted by atomic mass is 35.5. The number of anilines is 2. The Hall–Kier alpha value is -3.35. The van der Waals surface area contributed by atoms with E-state index in [1.54, 1.807) is 60.7 Å². The average Bonchev–Trinajstić information content (AvgIpc) is 3.03. The average molecular weight is 482 g/mol. The van der Waals surface area contributed by atoms with Crippen LogP contribution in [0.5, 0.6) is 0 Å². The Balaban J connectivity index is 1.55. The number of benzene rings is 3. The second kappa shape index (κ2) is 10.1. The van der Waals surface area contributed by atoms with E-state index in [0.717, 1.165) is 10.5 Å². The minimum Gasteiger partial charge on any atom is -0.326 e. The summed E-state index contributed by atoms with van der Waals surface area (Å²) in [5.41, 5.74) is 2.01. The first kappa shape index (κ1) is 22.8. The van der Waals surface area contributed by atoms with Crippen molar-refractivity contribution in [1.82, 2.24) is 4.90 Å². The second-order valence-corrected chi connectivity index (χ2v) is 8.51. The quantitative estimate of drug-likeness (QED) is 0.459. The molecule has 33 heavy (non-hydrogen) atoms. The van der Waals surface area contributed by atoms with Gasteiger partial charge in [-0.25, -0.2) is 9.69 Å². The lowest BCUT2D eigenvalue weighted by Crippen LogP contribution is -2.39. The summed E-state index contributed by atoms with van der Waals surface area (Å²) in [5, 5.41) is 3.90. The van der Waals surface area contributed by atoms with Crippen molar-refractivity contribution >= 4 is 52.4 Å². The molecule has 1 fully saturated rings. The van der Waals surface area contributed by atoms with E-state index in [9.17, 15) is 14.4 Å². The fourth-order valence-corrected chi connectivity index (χ4v) is 3.98. The van der Waals surface area contributed by atoms with Gasteiger partial charge in [0, 0.05) is 22.3 Å². The van der Waals surface area contributed by atoms with Gasteiger partial charge in [0.15, 0.2) is 0 Å². The van der Waals surface area contributed by atoms with Crippen molar-refractivity contribution < 1.29 is 14.4 Å². The van der Waals surface area contributed by atoms with Crippen LogP contribution in [-0.2, 0) is 16.0 Å². The van der Waals surface area contributed by atoms with Crippen LogP contribution in [0.2, 0.25) is 10.0 Å². The van der Waals surface area contributed by atoms with Crippen LogP contribution in [-0.4, -0.2) is 35.3 Å². The minimum absolute atomic E-state index is 0.149. The Labute approximate surface area is 201 Å². The maximum Gasteiger partial charge on any atom is 0.332 e. The molecule has 1 aliphatic rings. The summed E-state index contributed by atoms with van der Waals surface area (Å²) in [5.74, 6) is -0.788. The van der Waals surface area contributed by atoms with Gasteiger partial charge < -0.3 is 10.2 Å². The van der Waals surface area contributed by atoms with Crippen LogP contribution >= 0.6 is 23.2 Å². The number of nitrogens with one attached hydrogen (secondary N) is 1. The molecule has 4 amide bonds. The van der Waals surface area contributed by atoms with Gasteiger partial charge in [-0.15, -0.1) is 0 Å². The molecule has 0 bridgehead atoms. The SMILES string of the molecule is O=C(CC1C(=O)N(c2ccc(Cl)cc2)C(=O)N1CCc1ccc(Cl)cc1)Nc1ccccc1. The summed E-state index contributed by atoms with van der Waals surface area (Å²) in [6, 6.07) is 21.4. The number of imide groups is 1. The molecule has 1 heterocycles. The van der Waals surface area contributed by atoms with Crippen molar-refractivity contribution in [2.24, 2.45) is 0 Å². The molecule has 1 atom stereocenters. The smallest absolute Gasteiger partial charge is 0.326 e. The van der Waals surface area contributed by atoms with Crippen molar-refractivity contribution in [1.29, 1.82) is 0 Å². The van der Waals surface area contributed by atoms with Gasteiger partial charge >= 0.3 is 6.03 Å². The Morgan fingerprint density at radius 3 is 2.09 bits per heavy atom. The van der Waals surface area contributed by atoms with Gasteiger partial charge in [0.25, 0.3) is 5.91 Å². The fraction of sp³-hybridized carbons (Fsp3) is 0.160. The first-order chi connectivity index (χ1) is 15.9. The number of nitrogens with zero attached hydrogens (tertiary/aromatic N) is 2. The molecule has 3 aromatic rings. The van der Waals surface area contributed by atoms with Crippen LogP contribution in [0.3, 0.4) is 0 Å². The normalized spacial score (nSPS) is 15.8. The predicted molar refractivity (Wildman–Crippen MR) is 130 cm³/mol. The third kappa shape index (κ3) is 5.35. The van der Waals surface area contributed by atoms with Gasteiger partial charge in [-0.3, -0.25) is 9.59 Å². The molecular formula is C25H21Cl2N3O3. The first-order valence-electron chi connectivity index (χ1n) is 10.4. The Morgan fingerprint density at radius 2 is 1.45 bits per heavy atom. The van der Waals surface area contributed by atoms with E-state index in [0.29, 0.717) is 27.8 Å². The summed E-state index contributed by atoms with van der Waals surface area (Å²) >= 11 is 11.9. The fourth-order valence-electron chi connectivity index (χ4n) is 3.72. The molecule has 0 aliphatic carbocycles. The number of carbonyl (C=O) groups is 3. The van der Waals surface area contributed by atoms with Crippen LogP contribution in [0.1, 0.15) is 12.0 Å². The second-order valence-electron chi connectivity index (χ2n) is 7.64. The first-order valence-corrected chi connectivity index (χ1v) is 11.2. The lowest BCUT2D eigenvalue weighted by atomic mass is 10.1. The summed E-state index contributed by atoms with van der Waals surface area (Å²) in [7, 11) is 0. The van der Waals surface area contributed by atoms with Gasteiger partial charge in [0.2, 0.25) is 5.91 Å². The molecule has 0 aromatic heterocycles. The van der Waals surface area contributed by atoms with E-state index in [4.69, 9.17) is 23.2 Å². The van der Waals surface area contributed by atoms with Gasteiger partial charge in [0.1, 0.15) is 6.04 Å². The zero-order valence-electron chi connectivity index (χ0n) is 17.6. The third-order valence-corrected chi connectivity index (χ3v) is 5.90. The molecule has 0 saturated carbocycles. The van der Waals surface area contributed by atoms with E-state index >= 15 is 0 Å². The molecule has 6 nitrogen and oxygen atoms in total. The molecule has 1 unspecified atom stereocenters. The van der Waals surface area contributed by atoms with E-state index < -0.39 is 18.0 Å². The molecule has 168 valence electrons. The molecule has 1 N–H and O–H groups in total.